The van der Waals surface area contributed by atoms with Gasteiger partial charge in [-0.2, -0.15) is 5.10 Å². The van der Waals surface area contributed by atoms with Crippen LogP contribution in [0, 0.1) is 19.8 Å². The molecule has 3 heterocycles. The van der Waals surface area contributed by atoms with Gasteiger partial charge in [0.05, 0.1) is 18.4 Å². The van der Waals surface area contributed by atoms with E-state index in [0.717, 1.165) is 37.5 Å². The highest BCUT2D eigenvalue weighted by molar-refractivity contribution is 5.76. The number of rotatable bonds is 5. The average Bonchev–Trinajstić information content (AvgIpc) is 3.06. The molecule has 134 valence electrons. The second-order valence-corrected chi connectivity index (χ2v) is 7.62. The highest BCUT2D eigenvalue weighted by Gasteiger charge is 2.38. The summed E-state index contributed by atoms with van der Waals surface area (Å²) in [6.45, 7) is 11.8. The first-order chi connectivity index (χ1) is 11.4. The third-order valence-corrected chi connectivity index (χ3v) is 5.21. The van der Waals surface area contributed by atoms with Crippen molar-refractivity contribution in [1.82, 2.24) is 20.0 Å². The lowest BCUT2D eigenvalue weighted by Crippen LogP contribution is -2.48. The molecule has 1 aromatic rings. The predicted molar refractivity (Wildman–Crippen MR) is 92.8 cm³/mol. The zero-order valence-corrected chi connectivity index (χ0v) is 15.3. The second-order valence-electron chi connectivity index (χ2n) is 7.62. The van der Waals surface area contributed by atoms with Gasteiger partial charge in [0.2, 0.25) is 5.91 Å². The molecule has 2 aliphatic rings. The molecule has 2 aliphatic heterocycles. The molecule has 1 N–H and O–H groups in total. The van der Waals surface area contributed by atoms with Crippen molar-refractivity contribution in [3.05, 3.63) is 17.5 Å². The van der Waals surface area contributed by atoms with Gasteiger partial charge in [-0.1, -0.05) is 13.8 Å². The molecule has 24 heavy (non-hydrogen) atoms. The number of nitrogens with one attached hydrogen (secondary N) is 1. The fourth-order valence-corrected chi connectivity index (χ4v) is 3.82. The lowest BCUT2D eigenvalue weighted by Gasteiger charge is -2.36. The van der Waals surface area contributed by atoms with E-state index in [4.69, 9.17) is 4.74 Å². The van der Waals surface area contributed by atoms with Gasteiger partial charge in [-0.25, -0.2) is 0 Å². The van der Waals surface area contributed by atoms with E-state index in [9.17, 15) is 4.79 Å². The highest BCUT2D eigenvalue weighted by atomic mass is 16.5. The van der Waals surface area contributed by atoms with Crippen molar-refractivity contribution in [2.45, 2.75) is 65.3 Å². The Morgan fingerprint density at radius 2 is 2.21 bits per heavy atom. The van der Waals surface area contributed by atoms with E-state index in [-0.39, 0.29) is 11.9 Å². The molecule has 3 rings (SSSR count). The first-order valence-electron chi connectivity index (χ1n) is 9.08. The van der Waals surface area contributed by atoms with Crippen molar-refractivity contribution < 1.29 is 9.53 Å². The van der Waals surface area contributed by atoms with Crippen molar-refractivity contribution >= 4 is 5.91 Å². The van der Waals surface area contributed by atoms with Crippen LogP contribution in [0.5, 0.6) is 0 Å². The number of carbonyl (C=O) groups excluding carboxylic acids is 1. The van der Waals surface area contributed by atoms with Crippen LogP contribution in [0.2, 0.25) is 0 Å². The molecule has 6 heteroatoms. The third-order valence-electron chi connectivity index (χ3n) is 5.21. The van der Waals surface area contributed by atoms with Crippen LogP contribution in [0.15, 0.2) is 6.07 Å². The summed E-state index contributed by atoms with van der Waals surface area (Å²) in [4.78, 5) is 14.8. The number of morpholine rings is 1. The maximum atomic E-state index is 12.3. The molecule has 0 aliphatic carbocycles. The van der Waals surface area contributed by atoms with Crippen LogP contribution in [-0.2, 0) is 16.1 Å². The molecule has 0 bridgehead atoms. The number of aromatic nitrogens is 2. The number of aryl methyl sites for hydroxylation is 3. The molecule has 0 radical (unpaired) electrons. The van der Waals surface area contributed by atoms with Crippen LogP contribution >= 0.6 is 0 Å². The summed E-state index contributed by atoms with van der Waals surface area (Å²) in [7, 11) is 0. The van der Waals surface area contributed by atoms with Crippen molar-refractivity contribution in [1.29, 1.82) is 0 Å². The first-order valence-corrected chi connectivity index (χ1v) is 9.08. The summed E-state index contributed by atoms with van der Waals surface area (Å²) in [5, 5.41) is 7.61. The molecule has 6 nitrogen and oxygen atoms in total. The number of nitrogens with zero attached hydrogens (tertiary/aromatic N) is 3. The molecular formula is C18H30N4O2. The van der Waals surface area contributed by atoms with E-state index in [0.29, 0.717) is 31.0 Å². The Hall–Kier alpha value is -1.40. The summed E-state index contributed by atoms with van der Waals surface area (Å²) >= 11 is 0. The Morgan fingerprint density at radius 1 is 1.42 bits per heavy atom. The number of amides is 1. The Labute approximate surface area is 144 Å². The zero-order chi connectivity index (χ0) is 17.3. The van der Waals surface area contributed by atoms with Gasteiger partial charge in [0.1, 0.15) is 0 Å². The number of hydrogen-bond acceptors (Lipinski definition) is 4. The van der Waals surface area contributed by atoms with Gasteiger partial charge in [0, 0.05) is 43.8 Å². The smallest absolute Gasteiger partial charge is 0.222 e. The van der Waals surface area contributed by atoms with Crippen LogP contribution in [0.4, 0.5) is 0 Å². The largest absolute Gasteiger partial charge is 0.375 e. The maximum Gasteiger partial charge on any atom is 0.222 e. The summed E-state index contributed by atoms with van der Waals surface area (Å²) in [6, 6.07) is 2.75. The normalized spacial score (nSPS) is 27.5. The molecule has 0 unspecified atom stereocenters. The number of ether oxygens (including phenoxy) is 1. The van der Waals surface area contributed by atoms with E-state index < -0.39 is 0 Å². The highest BCUT2D eigenvalue weighted by Crippen LogP contribution is 2.25. The zero-order valence-electron chi connectivity index (χ0n) is 15.3. The molecule has 3 atom stereocenters. The van der Waals surface area contributed by atoms with Gasteiger partial charge in [-0.15, -0.1) is 0 Å². The Morgan fingerprint density at radius 3 is 2.88 bits per heavy atom. The molecule has 0 spiro atoms. The maximum absolute atomic E-state index is 12.3. The summed E-state index contributed by atoms with van der Waals surface area (Å²) < 4.78 is 7.87. The van der Waals surface area contributed by atoms with Gasteiger partial charge in [-0.3, -0.25) is 14.4 Å². The summed E-state index contributed by atoms with van der Waals surface area (Å²) in [6.07, 6.45) is 1.80. The predicted octanol–water partition coefficient (Wildman–Crippen LogP) is 1.50. The number of hydrogen-bond donors (Lipinski definition) is 1. The molecule has 1 amide bonds. The quantitative estimate of drug-likeness (QED) is 0.887. The summed E-state index contributed by atoms with van der Waals surface area (Å²) in [5.74, 6) is 0.661. The lowest BCUT2D eigenvalue weighted by atomic mass is 10.0. The SMILES string of the molecule is Cc1cc(C)n(CCC(=O)N[C@@H]2C[C@H]3CO[C@@H](C(C)C)CN3C2)n1. The van der Waals surface area contributed by atoms with E-state index in [1.807, 2.05) is 24.6 Å². The topological polar surface area (TPSA) is 59.4 Å². The van der Waals surface area contributed by atoms with Crippen LogP contribution in [0.3, 0.4) is 0 Å². The van der Waals surface area contributed by atoms with Crippen molar-refractivity contribution in [2.24, 2.45) is 5.92 Å². The molecule has 0 saturated carbocycles. The fourth-order valence-electron chi connectivity index (χ4n) is 3.82. The van der Waals surface area contributed by atoms with Gasteiger partial charge >= 0.3 is 0 Å². The minimum absolute atomic E-state index is 0.119. The van der Waals surface area contributed by atoms with Gasteiger partial charge in [0.15, 0.2) is 0 Å². The average molecular weight is 334 g/mol. The van der Waals surface area contributed by atoms with Crippen molar-refractivity contribution in [2.75, 3.05) is 19.7 Å². The van der Waals surface area contributed by atoms with E-state index >= 15 is 0 Å². The number of carbonyl (C=O) groups is 1. The van der Waals surface area contributed by atoms with Crippen LogP contribution < -0.4 is 5.32 Å². The molecule has 1 aromatic heterocycles. The van der Waals surface area contributed by atoms with Crippen LogP contribution in [0.1, 0.15) is 38.1 Å². The molecular weight excluding hydrogens is 304 g/mol. The van der Waals surface area contributed by atoms with Crippen molar-refractivity contribution in [3.63, 3.8) is 0 Å². The van der Waals surface area contributed by atoms with Crippen LogP contribution in [0.25, 0.3) is 0 Å². The number of fused-ring (bicyclic) bond motifs is 1. The van der Waals surface area contributed by atoms with E-state index in [2.05, 4.69) is 29.2 Å². The third kappa shape index (κ3) is 3.98. The van der Waals surface area contributed by atoms with E-state index in [1.165, 1.54) is 0 Å². The molecule has 0 aromatic carbocycles. The Kier molecular flexibility index (Phi) is 5.25. The minimum atomic E-state index is 0.119. The summed E-state index contributed by atoms with van der Waals surface area (Å²) in [5.41, 5.74) is 2.11. The van der Waals surface area contributed by atoms with Gasteiger partial charge in [-0.05, 0) is 32.3 Å². The Balaban J connectivity index is 1.45. The van der Waals surface area contributed by atoms with Gasteiger partial charge < -0.3 is 10.1 Å². The van der Waals surface area contributed by atoms with Crippen LogP contribution in [-0.4, -0.2) is 58.5 Å². The standard InChI is InChI=1S/C18H30N4O2/c1-12(2)17-10-21-9-15(8-16(21)11-24-17)19-18(23)5-6-22-14(4)7-13(3)20-22/h7,12,15-17H,5-6,8-11H2,1-4H3,(H,19,23)/t15-,16+,17-/m1/s1. The first kappa shape index (κ1) is 17.4. The van der Waals surface area contributed by atoms with E-state index in [1.54, 1.807) is 0 Å². The van der Waals surface area contributed by atoms with Gasteiger partial charge in [0.25, 0.3) is 0 Å². The lowest BCUT2D eigenvalue weighted by molar-refractivity contribution is -0.122. The fraction of sp³-hybridized carbons (Fsp3) is 0.778. The molecule has 2 saturated heterocycles. The monoisotopic (exact) mass is 334 g/mol. The second kappa shape index (κ2) is 7.23. The van der Waals surface area contributed by atoms with Crippen molar-refractivity contribution in [3.8, 4) is 0 Å². The minimum Gasteiger partial charge on any atom is -0.375 e. The molecule has 2 fully saturated rings. The Bertz CT molecular complexity index is 584.